The number of anilines is 3. The lowest BCUT2D eigenvalue weighted by Gasteiger charge is -2.10. The topological polar surface area (TPSA) is 59.1 Å². The van der Waals surface area contributed by atoms with Crippen LogP contribution in [-0.2, 0) is 11.3 Å². The quantitative estimate of drug-likeness (QED) is 0.828. The zero-order valence-corrected chi connectivity index (χ0v) is 13.4. The summed E-state index contributed by atoms with van der Waals surface area (Å²) in [7, 11) is 1.76. The van der Waals surface area contributed by atoms with Crippen molar-refractivity contribution in [1.82, 2.24) is 9.97 Å². The van der Waals surface area contributed by atoms with Gasteiger partial charge in [0.25, 0.3) is 0 Å². The van der Waals surface area contributed by atoms with E-state index in [0.29, 0.717) is 40.8 Å². The van der Waals surface area contributed by atoms with Gasteiger partial charge in [0.2, 0.25) is 0 Å². The zero-order valence-electron chi connectivity index (χ0n) is 11.8. The van der Waals surface area contributed by atoms with Gasteiger partial charge in [-0.1, -0.05) is 15.9 Å². The lowest BCUT2D eigenvalue weighted by molar-refractivity contribution is 0.128. The number of benzene rings is 1. The fourth-order valence-corrected chi connectivity index (χ4v) is 2.01. The summed E-state index contributed by atoms with van der Waals surface area (Å²) in [5.74, 6) is 1.31. The summed E-state index contributed by atoms with van der Waals surface area (Å²) >= 11 is 3.22. The molecular weight excluding hydrogens is 339 g/mol. The molecule has 0 amide bonds. The van der Waals surface area contributed by atoms with Crippen LogP contribution in [0.5, 0.6) is 0 Å². The molecule has 2 aromatic rings. The van der Waals surface area contributed by atoms with Crippen LogP contribution in [-0.4, -0.2) is 23.6 Å². The molecule has 21 heavy (non-hydrogen) atoms. The van der Waals surface area contributed by atoms with Crippen LogP contribution in [0.3, 0.4) is 0 Å². The van der Waals surface area contributed by atoms with Crippen molar-refractivity contribution in [3.63, 3.8) is 0 Å². The number of rotatable bonds is 6. The van der Waals surface area contributed by atoms with Crippen molar-refractivity contribution >= 4 is 33.3 Å². The van der Waals surface area contributed by atoms with E-state index in [1.165, 1.54) is 6.07 Å². The van der Waals surface area contributed by atoms with E-state index < -0.39 is 0 Å². The highest BCUT2D eigenvalue weighted by molar-refractivity contribution is 9.10. The first kappa shape index (κ1) is 15.7. The van der Waals surface area contributed by atoms with E-state index in [1.54, 1.807) is 25.2 Å². The summed E-state index contributed by atoms with van der Waals surface area (Å²) < 4.78 is 19.8. The van der Waals surface area contributed by atoms with Crippen LogP contribution in [0.4, 0.5) is 21.7 Å². The van der Waals surface area contributed by atoms with E-state index >= 15 is 0 Å². The molecular formula is C14H16BrFN4O. The van der Waals surface area contributed by atoms with Crippen molar-refractivity contribution in [2.45, 2.75) is 13.5 Å². The van der Waals surface area contributed by atoms with E-state index in [0.717, 1.165) is 0 Å². The Labute approximate surface area is 131 Å². The minimum atomic E-state index is -0.361. The highest BCUT2D eigenvalue weighted by Crippen LogP contribution is 2.23. The fraction of sp³-hybridized carbons (Fsp3) is 0.286. The van der Waals surface area contributed by atoms with Gasteiger partial charge in [0.05, 0.1) is 5.69 Å². The molecule has 1 heterocycles. The second-order valence-corrected chi connectivity index (χ2v) is 5.11. The van der Waals surface area contributed by atoms with E-state index in [4.69, 9.17) is 4.74 Å². The van der Waals surface area contributed by atoms with Crippen molar-refractivity contribution < 1.29 is 9.13 Å². The number of hydrogen-bond donors (Lipinski definition) is 2. The number of hydrogen-bond acceptors (Lipinski definition) is 5. The summed E-state index contributed by atoms with van der Waals surface area (Å²) in [5.41, 5.74) is 0.348. The van der Waals surface area contributed by atoms with E-state index in [-0.39, 0.29) is 5.82 Å². The van der Waals surface area contributed by atoms with E-state index in [1.807, 2.05) is 6.92 Å². The van der Waals surface area contributed by atoms with Crippen LogP contribution in [0.1, 0.15) is 12.7 Å². The maximum atomic E-state index is 13.8. The van der Waals surface area contributed by atoms with Crippen molar-refractivity contribution in [3.8, 4) is 0 Å². The Hall–Kier alpha value is -1.73. The van der Waals surface area contributed by atoms with Crippen LogP contribution in [0, 0.1) is 5.82 Å². The molecule has 0 fully saturated rings. The first-order valence-corrected chi connectivity index (χ1v) is 7.27. The minimum Gasteiger partial charge on any atom is -0.374 e. The molecule has 112 valence electrons. The second kappa shape index (κ2) is 7.33. The van der Waals surface area contributed by atoms with Gasteiger partial charge in [-0.15, -0.1) is 0 Å². The molecule has 1 aromatic heterocycles. The Morgan fingerprint density at radius 1 is 1.24 bits per heavy atom. The van der Waals surface area contributed by atoms with Gasteiger partial charge in [0.1, 0.15) is 24.1 Å². The highest BCUT2D eigenvalue weighted by atomic mass is 79.9. The lowest BCUT2D eigenvalue weighted by atomic mass is 10.3. The molecule has 1 aromatic carbocycles. The van der Waals surface area contributed by atoms with Crippen LogP contribution in [0.2, 0.25) is 0 Å². The largest absolute Gasteiger partial charge is 0.374 e. The van der Waals surface area contributed by atoms with Crippen molar-refractivity contribution in [1.29, 1.82) is 0 Å². The Kier molecular flexibility index (Phi) is 5.46. The normalized spacial score (nSPS) is 10.5. The average Bonchev–Trinajstić information content (AvgIpc) is 2.48. The Morgan fingerprint density at radius 3 is 2.67 bits per heavy atom. The number of nitrogens with one attached hydrogen (secondary N) is 2. The van der Waals surface area contributed by atoms with Crippen LogP contribution in [0.15, 0.2) is 28.7 Å². The number of halogens is 2. The van der Waals surface area contributed by atoms with Crippen molar-refractivity contribution in [2.24, 2.45) is 0 Å². The molecule has 2 rings (SSSR count). The zero-order chi connectivity index (χ0) is 15.2. The number of ether oxygens (including phenoxy) is 1. The summed E-state index contributed by atoms with van der Waals surface area (Å²) in [6.07, 6.45) is 0. The molecule has 0 radical (unpaired) electrons. The maximum Gasteiger partial charge on any atom is 0.158 e. The minimum absolute atomic E-state index is 0.309. The van der Waals surface area contributed by atoms with Gasteiger partial charge >= 0.3 is 0 Å². The Balaban J connectivity index is 2.25. The monoisotopic (exact) mass is 354 g/mol. The first-order chi connectivity index (χ1) is 10.1. The number of aromatic nitrogens is 2. The molecule has 0 atom stereocenters. The first-order valence-electron chi connectivity index (χ1n) is 6.48. The highest BCUT2D eigenvalue weighted by Gasteiger charge is 2.07. The van der Waals surface area contributed by atoms with Gasteiger partial charge in [0, 0.05) is 24.2 Å². The summed E-state index contributed by atoms with van der Waals surface area (Å²) in [5, 5.41) is 5.89. The molecule has 2 N–H and O–H groups in total. The third kappa shape index (κ3) is 4.37. The molecule has 0 unspecified atom stereocenters. The molecule has 0 saturated heterocycles. The maximum absolute atomic E-state index is 13.8. The Morgan fingerprint density at radius 2 is 2.00 bits per heavy atom. The lowest BCUT2D eigenvalue weighted by Crippen LogP contribution is -2.06. The van der Waals surface area contributed by atoms with Gasteiger partial charge in [-0.3, -0.25) is 0 Å². The second-order valence-electron chi connectivity index (χ2n) is 4.19. The summed E-state index contributed by atoms with van der Waals surface area (Å²) in [6.45, 7) is 2.79. The van der Waals surface area contributed by atoms with Gasteiger partial charge in [0.15, 0.2) is 5.82 Å². The fourth-order valence-electron chi connectivity index (χ4n) is 1.68. The average molecular weight is 355 g/mol. The van der Waals surface area contributed by atoms with E-state index in [2.05, 4.69) is 36.5 Å². The van der Waals surface area contributed by atoms with Crippen molar-refractivity contribution in [2.75, 3.05) is 24.3 Å². The van der Waals surface area contributed by atoms with Gasteiger partial charge in [-0.2, -0.15) is 0 Å². The molecule has 0 aliphatic carbocycles. The summed E-state index contributed by atoms with van der Waals surface area (Å²) in [6, 6.07) is 6.50. The SMILES string of the molecule is CCOCc1nc(NC)cc(Nc2ccc(Br)cc2F)n1. The molecule has 0 saturated carbocycles. The van der Waals surface area contributed by atoms with Crippen molar-refractivity contribution in [3.05, 3.63) is 40.4 Å². The third-order valence-electron chi connectivity index (χ3n) is 2.66. The Bertz CT molecular complexity index is 624. The van der Waals surface area contributed by atoms with Crippen LogP contribution < -0.4 is 10.6 Å². The van der Waals surface area contributed by atoms with Gasteiger partial charge in [-0.05, 0) is 25.1 Å². The molecule has 0 spiro atoms. The number of nitrogens with zero attached hydrogens (tertiary/aromatic N) is 2. The van der Waals surface area contributed by atoms with E-state index in [9.17, 15) is 4.39 Å². The molecule has 7 heteroatoms. The molecule has 0 bridgehead atoms. The van der Waals surface area contributed by atoms with Crippen LogP contribution in [0.25, 0.3) is 0 Å². The summed E-state index contributed by atoms with van der Waals surface area (Å²) in [4.78, 5) is 8.59. The third-order valence-corrected chi connectivity index (χ3v) is 3.15. The standard InChI is InChI=1S/C14H16BrFN4O/c1-3-21-8-14-19-12(17-2)7-13(20-14)18-11-5-4-9(15)6-10(11)16/h4-7H,3,8H2,1-2H3,(H2,17,18,19,20). The predicted molar refractivity (Wildman–Crippen MR) is 84.3 cm³/mol. The van der Waals surface area contributed by atoms with Gasteiger partial charge < -0.3 is 15.4 Å². The van der Waals surface area contributed by atoms with Gasteiger partial charge in [-0.25, -0.2) is 14.4 Å². The van der Waals surface area contributed by atoms with Crippen LogP contribution >= 0.6 is 15.9 Å². The molecule has 0 aliphatic heterocycles. The smallest absolute Gasteiger partial charge is 0.158 e. The molecule has 0 aliphatic rings. The predicted octanol–water partition coefficient (Wildman–Crippen LogP) is 3.70. The molecule has 5 nitrogen and oxygen atoms in total.